The SMILES string of the molecule is Cc1ccc(-n2nnnc2C(C)Cl)c(C)c1. The van der Waals surface area contributed by atoms with Gasteiger partial charge in [0.2, 0.25) is 0 Å². The standard InChI is InChI=1S/C11H13ClN4/c1-7-4-5-10(8(2)6-7)16-11(9(3)12)13-14-15-16/h4-6,9H,1-3H3. The van der Waals surface area contributed by atoms with Crippen molar-refractivity contribution in [2.45, 2.75) is 26.1 Å². The molecule has 0 aliphatic heterocycles. The number of benzene rings is 1. The number of hydrogen-bond donors (Lipinski definition) is 0. The van der Waals surface area contributed by atoms with Crippen LogP contribution in [-0.2, 0) is 0 Å². The third-order valence-corrected chi connectivity index (χ3v) is 2.63. The number of halogens is 1. The van der Waals surface area contributed by atoms with Gasteiger partial charge in [-0.2, -0.15) is 4.68 Å². The fourth-order valence-electron chi connectivity index (χ4n) is 1.66. The van der Waals surface area contributed by atoms with Crippen LogP contribution in [0.3, 0.4) is 0 Å². The molecule has 1 atom stereocenters. The van der Waals surface area contributed by atoms with Gasteiger partial charge in [-0.1, -0.05) is 17.7 Å². The summed E-state index contributed by atoms with van der Waals surface area (Å²) in [5, 5.41) is 11.3. The number of rotatable bonds is 2. The normalized spacial score (nSPS) is 12.8. The molecule has 2 aromatic rings. The van der Waals surface area contributed by atoms with Crippen LogP contribution in [0.25, 0.3) is 5.69 Å². The number of aryl methyl sites for hydroxylation is 2. The van der Waals surface area contributed by atoms with E-state index in [1.165, 1.54) is 5.56 Å². The second-order valence-electron chi connectivity index (χ2n) is 3.85. The van der Waals surface area contributed by atoms with Crippen molar-refractivity contribution in [2.75, 3.05) is 0 Å². The van der Waals surface area contributed by atoms with Crippen molar-refractivity contribution < 1.29 is 0 Å². The molecule has 1 heterocycles. The Hall–Kier alpha value is -1.42. The van der Waals surface area contributed by atoms with Crippen molar-refractivity contribution in [1.82, 2.24) is 20.2 Å². The summed E-state index contributed by atoms with van der Waals surface area (Å²) >= 11 is 6.02. The van der Waals surface area contributed by atoms with Gasteiger partial charge in [0.1, 0.15) is 0 Å². The number of nitrogens with zero attached hydrogens (tertiary/aromatic N) is 4. The van der Waals surface area contributed by atoms with E-state index >= 15 is 0 Å². The van der Waals surface area contributed by atoms with Gasteiger partial charge >= 0.3 is 0 Å². The lowest BCUT2D eigenvalue weighted by Gasteiger charge is -2.09. The van der Waals surface area contributed by atoms with Gasteiger partial charge in [-0.05, 0) is 42.8 Å². The first-order valence-corrected chi connectivity index (χ1v) is 5.53. The summed E-state index contributed by atoms with van der Waals surface area (Å²) in [6.07, 6.45) is 0. The van der Waals surface area contributed by atoms with Gasteiger partial charge in [0.05, 0.1) is 11.1 Å². The highest BCUT2D eigenvalue weighted by Crippen LogP contribution is 2.21. The first-order chi connectivity index (χ1) is 7.59. The molecule has 0 saturated heterocycles. The molecule has 0 aliphatic carbocycles. The zero-order chi connectivity index (χ0) is 11.7. The summed E-state index contributed by atoms with van der Waals surface area (Å²) in [5.41, 5.74) is 3.32. The van der Waals surface area contributed by atoms with E-state index in [0.717, 1.165) is 11.3 Å². The summed E-state index contributed by atoms with van der Waals surface area (Å²) in [6, 6.07) is 6.14. The second-order valence-corrected chi connectivity index (χ2v) is 4.51. The predicted octanol–water partition coefficient (Wildman–Crippen LogP) is 2.58. The molecule has 0 spiro atoms. The molecular weight excluding hydrogens is 224 g/mol. The average molecular weight is 237 g/mol. The third-order valence-electron chi connectivity index (χ3n) is 2.43. The lowest BCUT2D eigenvalue weighted by atomic mass is 10.1. The largest absolute Gasteiger partial charge is 0.196 e. The predicted molar refractivity (Wildman–Crippen MR) is 62.9 cm³/mol. The molecule has 1 aromatic carbocycles. The highest BCUT2D eigenvalue weighted by Gasteiger charge is 2.14. The van der Waals surface area contributed by atoms with Crippen molar-refractivity contribution in [1.29, 1.82) is 0 Å². The zero-order valence-electron chi connectivity index (χ0n) is 9.48. The maximum absolute atomic E-state index is 6.02. The molecule has 1 aromatic heterocycles. The number of aromatic nitrogens is 4. The van der Waals surface area contributed by atoms with Crippen molar-refractivity contribution in [3.63, 3.8) is 0 Å². The molecule has 0 fully saturated rings. The lowest BCUT2D eigenvalue weighted by Crippen LogP contribution is -2.05. The van der Waals surface area contributed by atoms with E-state index in [-0.39, 0.29) is 5.38 Å². The smallest absolute Gasteiger partial charge is 0.174 e. The molecule has 1 unspecified atom stereocenters. The Balaban J connectivity index is 2.54. The van der Waals surface area contributed by atoms with Crippen molar-refractivity contribution >= 4 is 11.6 Å². The molecule has 0 aliphatic rings. The van der Waals surface area contributed by atoms with Crippen LogP contribution >= 0.6 is 11.6 Å². The van der Waals surface area contributed by atoms with E-state index in [0.29, 0.717) is 5.82 Å². The van der Waals surface area contributed by atoms with Crippen LogP contribution < -0.4 is 0 Å². The van der Waals surface area contributed by atoms with E-state index in [1.54, 1.807) is 4.68 Å². The van der Waals surface area contributed by atoms with Gasteiger partial charge in [0.15, 0.2) is 5.82 Å². The summed E-state index contributed by atoms with van der Waals surface area (Å²) in [6.45, 7) is 5.95. The summed E-state index contributed by atoms with van der Waals surface area (Å²) in [5.74, 6) is 0.661. The first-order valence-electron chi connectivity index (χ1n) is 5.09. The van der Waals surface area contributed by atoms with Crippen LogP contribution in [0.15, 0.2) is 18.2 Å². The number of tetrazole rings is 1. The third kappa shape index (κ3) is 1.93. The molecule has 4 nitrogen and oxygen atoms in total. The molecular formula is C11H13ClN4. The molecule has 16 heavy (non-hydrogen) atoms. The summed E-state index contributed by atoms with van der Waals surface area (Å²) < 4.78 is 1.69. The quantitative estimate of drug-likeness (QED) is 0.753. The Bertz CT molecular complexity index is 504. The topological polar surface area (TPSA) is 43.6 Å². The fourth-order valence-corrected chi connectivity index (χ4v) is 1.79. The highest BCUT2D eigenvalue weighted by atomic mass is 35.5. The van der Waals surface area contributed by atoms with Crippen molar-refractivity contribution in [3.8, 4) is 5.69 Å². The van der Waals surface area contributed by atoms with E-state index in [1.807, 2.05) is 26.0 Å². The van der Waals surface area contributed by atoms with Gasteiger partial charge in [0.25, 0.3) is 0 Å². The molecule has 0 radical (unpaired) electrons. The van der Waals surface area contributed by atoms with Gasteiger partial charge in [-0.15, -0.1) is 16.7 Å². The molecule has 0 amide bonds. The summed E-state index contributed by atoms with van der Waals surface area (Å²) in [4.78, 5) is 0. The Morgan fingerprint density at radius 1 is 1.31 bits per heavy atom. The van der Waals surface area contributed by atoms with Crippen molar-refractivity contribution in [3.05, 3.63) is 35.2 Å². The molecule has 5 heteroatoms. The Morgan fingerprint density at radius 2 is 2.06 bits per heavy atom. The number of hydrogen-bond acceptors (Lipinski definition) is 3. The van der Waals surface area contributed by atoms with E-state index in [2.05, 4.69) is 28.5 Å². The minimum atomic E-state index is -0.212. The van der Waals surface area contributed by atoms with E-state index < -0.39 is 0 Å². The first kappa shape index (κ1) is 11.1. The van der Waals surface area contributed by atoms with Gasteiger partial charge in [-0.3, -0.25) is 0 Å². The Labute approximate surface area is 99.2 Å². The van der Waals surface area contributed by atoms with Crippen LogP contribution in [-0.4, -0.2) is 20.2 Å². The average Bonchev–Trinajstić information content (AvgIpc) is 2.66. The van der Waals surface area contributed by atoms with E-state index in [9.17, 15) is 0 Å². The lowest BCUT2D eigenvalue weighted by molar-refractivity contribution is 0.756. The minimum Gasteiger partial charge on any atom is -0.196 e. The molecule has 2 rings (SSSR count). The van der Waals surface area contributed by atoms with Crippen LogP contribution in [0.4, 0.5) is 0 Å². The second kappa shape index (κ2) is 4.22. The van der Waals surface area contributed by atoms with Crippen LogP contribution in [0.1, 0.15) is 29.3 Å². The molecule has 0 saturated carbocycles. The maximum Gasteiger partial charge on any atom is 0.174 e. The van der Waals surface area contributed by atoms with E-state index in [4.69, 9.17) is 11.6 Å². The number of alkyl halides is 1. The van der Waals surface area contributed by atoms with Gasteiger partial charge in [0, 0.05) is 0 Å². The zero-order valence-corrected chi connectivity index (χ0v) is 10.2. The van der Waals surface area contributed by atoms with Gasteiger partial charge < -0.3 is 0 Å². The van der Waals surface area contributed by atoms with Gasteiger partial charge in [-0.25, -0.2) is 0 Å². The Kier molecular flexibility index (Phi) is 2.92. The Morgan fingerprint density at radius 3 is 2.69 bits per heavy atom. The molecule has 0 bridgehead atoms. The fraction of sp³-hybridized carbons (Fsp3) is 0.364. The molecule has 0 N–H and O–H groups in total. The monoisotopic (exact) mass is 236 g/mol. The summed E-state index contributed by atoms with van der Waals surface area (Å²) in [7, 11) is 0. The molecule has 84 valence electrons. The van der Waals surface area contributed by atoms with Crippen molar-refractivity contribution in [2.24, 2.45) is 0 Å². The van der Waals surface area contributed by atoms with Crippen LogP contribution in [0, 0.1) is 13.8 Å². The van der Waals surface area contributed by atoms with Crippen LogP contribution in [0.2, 0.25) is 0 Å². The minimum absolute atomic E-state index is 0.212. The highest BCUT2D eigenvalue weighted by molar-refractivity contribution is 6.20. The van der Waals surface area contributed by atoms with Crippen LogP contribution in [0.5, 0.6) is 0 Å². The maximum atomic E-state index is 6.02.